The van der Waals surface area contributed by atoms with Crippen molar-refractivity contribution in [2.45, 2.75) is 70.4 Å². The lowest BCUT2D eigenvalue weighted by Gasteiger charge is -2.42. The predicted octanol–water partition coefficient (Wildman–Crippen LogP) is 3.97. The Morgan fingerprint density at radius 3 is 2.50 bits per heavy atom. The number of fused-ring (bicyclic) bond motifs is 1. The van der Waals surface area contributed by atoms with Gasteiger partial charge in [-0.3, -0.25) is 14.6 Å². The molecule has 1 saturated carbocycles. The predicted molar refractivity (Wildman–Crippen MR) is 167 cm³/mol. The molecule has 1 spiro atoms. The standard InChI is InChI=1S/C35H40N4O3/c1-24(2)42-31-14-13-25(3)30(21-27-11-7-8-12-29(27)31)33(40)38-19-20-39(35(23-38)16-17-35)34(41)32-36-18-15-28(22-37-32)26-9-5-4-6-10-26/h4-12,21-22,24,28H,13-20,23H2,1-3H3/b27-21-,30-25-,31-29+. The lowest BCUT2D eigenvalue weighted by atomic mass is 9.97. The summed E-state index contributed by atoms with van der Waals surface area (Å²) in [6, 6.07) is 18.4. The third-order valence-electron chi connectivity index (χ3n) is 8.86. The zero-order valence-corrected chi connectivity index (χ0v) is 24.9. The van der Waals surface area contributed by atoms with E-state index in [0.717, 1.165) is 59.4 Å². The summed E-state index contributed by atoms with van der Waals surface area (Å²) < 4.78 is 6.19. The summed E-state index contributed by atoms with van der Waals surface area (Å²) in [4.78, 5) is 40.8. The van der Waals surface area contributed by atoms with Gasteiger partial charge in [0, 0.05) is 55.5 Å². The molecule has 7 heteroatoms. The van der Waals surface area contributed by atoms with Crippen molar-refractivity contribution in [3.63, 3.8) is 0 Å². The molecule has 0 bridgehead atoms. The molecule has 2 aromatic carbocycles. The summed E-state index contributed by atoms with van der Waals surface area (Å²) in [6.07, 6.45) is 8.13. The van der Waals surface area contributed by atoms with Gasteiger partial charge in [0.25, 0.3) is 11.8 Å². The quantitative estimate of drug-likeness (QED) is 0.552. The fourth-order valence-electron chi connectivity index (χ4n) is 6.37. The first-order chi connectivity index (χ1) is 20.3. The minimum Gasteiger partial charge on any atom is -0.495 e. The lowest BCUT2D eigenvalue weighted by Crippen LogP contribution is -2.59. The Balaban J connectivity index is 1.20. The molecule has 42 heavy (non-hydrogen) atoms. The molecule has 1 unspecified atom stereocenters. The van der Waals surface area contributed by atoms with Crippen molar-refractivity contribution in [3.8, 4) is 0 Å². The van der Waals surface area contributed by atoms with Gasteiger partial charge >= 0.3 is 0 Å². The van der Waals surface area contributed by atoms with Crippen molar-refractivity contribution >= 4 is 35.7 Å². The summed E-state index contributed by atoms with van der Waals surface area (Å²) in [7, 11) is 0. The highest BCUT2D eigenvalue weighted by Crippen LogP contribution is 2.45. The fourth-order valence-corrected chi connectivity index (χ4v) is 6.37. The molecule has 2 fully saturated rings. The number of benzene rings is 2. The van der Waals surface area contributed by atoms with Gasteiger partial charge in [-0.1, -0.05) is 60.2 Å². The molecule has 1 atom stereocenters. The Bertz CT molecular complexity index is 1580. The molecule has 2 aliphatic heterocycles. The van der Waals surface area contributed by atoms with E-state index in [9.17, 15) is 9.59 Å². The number of amides is 2. The normalized spacial score (nSPS) is 25.5. The topological polar surface area (TPSA) is 74.6 Å². The first-order valence-corrected chi connectivity index (χ1v) is 15.3. The number of carbonyl (C=O) groups excluding carboxylic acids is 2. The minimum atomic E-state index is -0.325. The Morgan fingerprint density at radius 2 is 1.74 bits per heavy atom. The monoisotopic (exact) mass is 564 g/mol. The highest BCUT2D eigenvalue weighted by molar-refractivity contribution is 6.39. The average Bonchev–Trinajstić information content (AvgIpc) is 3.80. The molecule has 7 nitrogen and oxygen atoms in total. The van der Waals surface area contributed by atoms with Crippen molar-refractivity contribution in [1.82, 2.24) is 9.80 Å². The van der Waals surface area contributed by atoms with E-state index >= 15 is 0 Å². The number of piperazine rings is 1. The SMILES string of the molecule is C\C1=C(C(=O)N2CCN(C(=O)C3=NCCC(c4ccccc4)C=N3)C3(CC3)C2)/C=c2/cccc/c2=C(\OC(C)C)CC1. The number of hydrogen-bond donors (Lipinski definition) is 0. The van der Waals surface area contributed by atoms with E-state index in [1.807, 2.05) is 66.3 Å². The third-order valence-corrected chi connectivity index (χ3v) is 8.86. The third kappa shape index (κ3) is 5.69. The maximum Gasteiger partial charge on any atom is 0.291 e. The second-order valence-corrected chi connectivity index (χ2v) is 12.2. The number of carbonyl (C=O) groups is 2. The van der Waals surface area contributed by atoms with Crippen LogP contribution >= 0.6 is 0 Å². The Labute approximate surface area is 248 Å². The van der Waals surface area contributed by atoms with E-state index in [2.05, 4.69) is 41.2 Å². The van der Waals surface area contributed by atoms with Crippen LogP contribution in [0.5, 0.6) is 0 Å². The van der Waals surface area contributed by atoms with Gasteiger partial charge in [0.2, 0.25) is 5.84 Å². The molecule has 6 rings (SSSR count). The van der Waals surface area contributed by atoms with Gasteiger partial charge in [0.15, 0.2) is 0 Å². The molecule has 0 aromatic heterocycles. The van der Waals surface area contributed by atoms with Crippen LogP contribution in [0.4, 0.5) is 0 Å². The van der Waals surface area contributed by atoms with Crippen LogP contribution in [-0.2, 0) is 14.3 Å². The molecule has 2 heterocycles. The van der Waals surface area contributed by atoms with Crippen molar-refractivity contribution in [2.24, 2.45) is 9.98 Å². The van der Waals surface area contributed by atoms with Crippen LogP contribution in [0.2, 0.25) is 0 Å². The van der Waals surface area contributed by atoms with Gasteiger partial charge in [-0.15, -0.1) is 0 Å². The Kier molecular flexibility index (Phi) is 7.84. The molecule has 1 saturated heterocycles. The number of ether oxygens (including phenoxy) is 1. The number of allylic oxidation sites excluding steroid dienone is 1. The van der Waals surface area contributed by atoms with Gasteiger partial charge in [0.1, 0.15) is 5.76 Å². The van der Waals surface area contributed by atoms with E-state index in [1.54, 1.807) is 0 Å². The highest BCUT2D eigenvalue weighted by atomic mass is 16.5. The molecule has 2 aliphatic carbocycles. The summed E-state index contributed by atoms with van der Waals surface area (Å²) in [5.41, 5.74) is 2.69. The van der Waals surface area contributed by atoms with Crippen LogP contribution in [0.1, 0.15) is 64.4 Å². The summed E-state index contributed by atoms with van der Waals surface area (Å²) in [5.74, 6) is 1.35. The first-order valence-electron chi connectivity index (χ1n) is 15.3. The summed E-state index contributed by atoms with van der Waals surface area (Å²) in [6.45, 7) is 8.25. The maximum atomic E-state index is 14.1. The molecule has 4 aliphatic rings. The maximum absolute atomic E-state index is 14.1. The number of hydrogen-bond acceptors (Lipinski definition) is 5. The minimum absolute atomic E-state index is 0.0458. The van der Waals surface area contributed by atoms with Crippen LogP contribution in [0.25, 0.3) is 11.8 Å². The molecule has 0 radical (unpaired) electrons. The van der Waals surface area contributed by atoms with Gasteiger partial charge < -0.3 is 14.5 Å². The molecule has 0 N–H and O–H groups in total. The number of amidine groups is 1. The molecular weight excluding hydrogens is 524 g/mol. The van der Waals surface area contributed by atoms with Crippen LogP contribution < -0.4 is 10.4 Å². The van der Waals surface area contributed by atoms with Gasteiger partial charge in [-0.25, -0.2) is 4.99 Å². The smallest absolute Gasteiger partial charge is 0.291 e. The Hall–Kier alpha value is -4.00. The first kappa shape index (κ1) is 28.1. The lowest BCUT2D eigenvalue weighted by molar-refractivity contribution is -0.137. The van der Waals surface area contributed by atoms with E-state index in [-0.39, 0.29) is 29.4 Å². The zero-order valence-electron chi connectivity index (χ0n) is 24.9. The van der Waals surface area contributed by atoms with Crippen LogP contribution in [0, 0.1) is 0 Å². The van der Waals surface area contributed by atoms with Crippen molar-refractivity contribution < 1.29 is 14.3 Å². The van der Waals surface area contributed by atoms with Crippen molar-refractivity contribution in [3.05, 3.63) is 81.7 Å². The zero-order chi connectivity index (χ0) is 29.3. The molecule has 218 valence electrons. The van der Waals surface area contributed by atoms with Gasteiger partial charge in [-0.05, 0) is 63.3 Å². The highest BCUT2D eigenvalue weighted by Gasteiger charge is 2.54. The summed E-state index contributed by atoms with van der Waals surface area (Å²) >= 11 is 0. The molecule has 2 amide bonds. The van der Waals surface area contributed by atoms with E-state index in [4.69, 9.17) is 4.74 Å². The van der Waals surface area contributed by atoms with Crippen LogP contribution in [-0.4, -0.2) is 71.5 Å². The molecular formula is C35H40N4O3. The van der Waals surface area contributed by atoms with Crippen molar-refractivity contribution in [1.29, 1.82) is 0 Å². The Morgan fingerprint density at radius 1 is 0.976 bits per heavy atom. The van der Waals surface area contributed by atoms with Crippen LogP contribution in [0.15, 0.2) is 75.7 Å². The second-order valence-electron chi connectivity index (χ2n) is 12.2. The fraction of sp³-hybridized carbons (Fsp3) is 0.429. The second kappa shape index (κ2) is 11.7. The number of rotatable bonds is 5. The van der Waals surface area contributed by atoms with Crippen molar-refractivity contribution in [2.75, 3.05) is 26.2 Å². The molecule has 2 aromatic rings. The average molecular weight is 565 g/mol. The van der Waals surface area contributed by atoms with Gasteiger partial charge in [-0.2, -0.15) is 0 Å². The van der Waals surface area contributed by atoms with Gasteiger partial charge in [0.05, 0.1) is 11.6 Å². The largest absolute Gasteiger partial charge is 0.495 e. The van der Waals surface area contributed by atoms with E-state index in [0.29, 0.717) is 32.0 Å². The van der Waals surface area contributed by atoms with E-state index in [1.165, 1.54) is 5.56 Å². The number of aliphatic imine (C=N–C) groups is 2. The number of nitrogens with zero attached hydrogens (tertiary/aromatic N) is 4. The summed E-state index contributed by atoms with van der Waals surface area (Å²) in [5, 5.41) is 2.06. The van der Waals surface area contributed by atoms with Crippen LogP contribution in [0.3, 0.4) is 0 Å². The van der Waals surface area contributed by atoms with E-state index < -0.39 is 0 Å².